The van der Waals surface area contributed by atoms with Gasteiger partial charge in [-0.15, -0.1) is 0 Å². The van der Waals surface area contributed by atoms with Crippen LogP contribution in [0.2, 0.25) is 0 Å². The molecule has 0 spiro atoms. The van der Waals surface area contributed by atoms with Crippen molar-refractivity contribution in [2.75, 3.05) is 30.8 Å². The summed E-state index contributed by atoms with van der Waals surface area (Å²) in [6, 6.07) is 7.10. The molecule has 1 aliphatic rings. The molecule has 2 N–H and O–H groups in total. The van der Waals surface area contributed by atoms with E-state index < -0.39 is 0 Å². The molecule has 0 radical (unpaired) electrons. The Balaban J connectivity index is 1.99. The second-order valence-electron chi connectivity index (χ2n) is 4.82. The first-order chi connectivity index (χ1) is 9.08. The Morgan fingerprint density at radius 2 is 2.00 bits per heavy atom. The number of likely N-dealkylation sites (tertiary alicyclic amines) is 1. The topological polar surface area (TPSA) is 66.6 Å². The molecule has 5 heteroatoms. The molecule has 2 rings (SSSR count). The van der Waals surface area contributed by atoms with Crippen molar-refractivity contribution >= 4 is 23.2 Å². The van der Waals surface area contributed by atoms with Crippen LogP contribution in [-0.4, -0.2) is 36.9 Å². The van der Waals surface area contributed by atoms with Gasteiger partial charge in [-0.05, 0) is 37.1 Å². The normalized spacial score (nSPS) is 15.4. The lowest BCUT2D eigenvalue weighted by Crippen LogP contribution is -2.43. The summed E-state index contributed by atoms with van der Waals surface area (Å²) in [6.07, 6.45) is 2.46. The number of anilines is 2. The largest absolute Gasteiger partial charge is 0.399 e. The van der Waals surface area contributed by atoms with Gasteiger partial charge in [0.05, 0.1) is 0 Å². The number of amides is 2. The highest BCUT2D eigenvalue weighted by Gasteiger charge is 2.22. The number of nitrogen functional groups attached to an aromatic ring is 1. The molecule has 1 aliphatic heterocycles. The van der Waals surface area contributed by atoms with E-state index in [1.54, 1.807) is 41.1 Å². The van der Waals surface area contributed by atoms with Gasteiger partial charge in [0.1, 0.15) is 6.54 Å². The van der Waals surface area contributed by atoms with Crippen molar-refractivity contribution in [1.82, 2.24) is 4.90 Å². The van der Waals surface area contributed by atoms with E-state index in [1.165, 1.54) is 0 Å². The number of nitrogens with two attached hydrogens (primary N) is 1. The molecule has 0 bridgehead atoms. The fourth-order valence-corrected chi connectivity index (χ4v) is 2.14. The van der Waals surface area contributed by atoms with Crippen LogP contribution >= 0.6 is 0 Å². The highest BCUT2D eigenvalue weighted by molar-refractivity contribution is 5.96. The van der Waals surface area contributed by atoms with Gasteiger partial charge in [-0.1, -0.05) is 0 Å². The van der Waals surface area contributed by atoms with Gasteiger partial charge in [-0.25, -0.2) is 0 Å². The molecule has 0 unspecified atom stereocenters. The lowest BCUT2D eigenvalue weighted by molar-refractivity contribution is -0.137. The predicted octanol–water partition coefficient (Wildman–Crippen LogP) is 1.24. The molecule has 0 aromatic heterocycles. The van der Waals surface area contributed by atoms with Crippen LogP contribution in [0.4, 0.5) is 11.4 Å². The Bertz CT molecular complexity index is 470. The zero-order valence-electron chi connectivity index (χ0n) is 11.1. The summed E-state index contributed by atoms with van der Waals surface area (Å²) >= 11 is 0. The van der Waals surface area contributed by atoms with Crippen molar-refractivity contribution in [3.63, 3.8) is 0 Å². The number of carbonyl (C=O) groups excluding carboxylic acids is 2. The van der Waals surface area contributed by atoms with Gasteiger partial charge >= 0.3 is 0 Å². The van der Waals surface area contributed by atoms with Crippen LogP contribution in [0.25, 0.3) is 0 Å². The van der Waals surface area contributed by atoms with E-state index in [2.05, 4.69) is 0 Å². The minimum Gasteiger partial charge on any atom is -0.399 e. The fourth-order valence-electron chi connectivity index (χ4n) is 2.14. The number of likely N-dealkylation sites (N-methyl/N-ethyl adjacent to an activating group) is 1. The predicted molar refractivity (Wildman–Crippen MR) is 74.7 cm³/mol. The van der Waals surface area contributed by atoms with Crippen molar-refractivity contribution in [3.05, 3.63) is 24.3 Å². The quantitative estimate of drug-likeness (QED) is 0.833. The summed E-state index contributed by atoms with van der Waals surface area (Å²) < 4.78 is 0. The minimum absolute atomic E-state index is 0.0744. The third-order valence-corrected chi connectivity index (χ3v) is 3.40. The molecular weight excluding hydrogens is 242 g/mol. The molecule has 1 heterocycles. The number of carbonyl (C=O) groups is 2. The Morgan fingerprint density at radius 1 is 1.32 bits per heavy atom. The van der Waals surface area contributed by atoms with E-state index in [1.807, 2.05) is 0 Å². The first-order valence-corrected chi connectivity index (χ1v) is 6.48. The maximum atomic E-state index is 12.1. The molecule has 1 aromatic rings. The molecule has 19 heavy (non-hydrogen) atoms. The monoisotopic (exact) mass is 261 g/mol. The van der Waals surface area contributed by atoms with Gasteiger partial charge in [0.25, 0.3) is 0 Å². The van der Waals surface area contributed by atoms with Gasteiger partial charge in [0, 0.05) is 31.4 Å². The SMILES string of the molecule is CN(C(=O)CN1CCCCC1=O)c1ccc(N)cc1. The van der Waals surface area contributed by atoms with Crippen LogP contribution in [-0.2, 0) is 9.59 Å². The summed E-state index contributed by atoms with van der Waals surface area (Å²) in [5.74, 6) is -0.00896. The van der Waals surface area contributed by atoms with Gasteiger partial charge in [-0.3, -0.25) is 9.59 Å². The zero-order valence-corrected chi connectivity index (χ0v) is 11.1. The summed E-state index contributed by atoms with van der Waals surface area (Å²) in [4.78, 5) is 27.0. The third-order valence-electron chi connectivity index (χ3n) is 3.40. The van der Waals surface area contributed by atoms with Gasteiger partial charge in [0.15, 0.2) is 0 Å². The fraction of sp³-hybridized carbons (Fsp3) is 0.429. The van der Waals surface area contributed by atoms with E-state index >= 15 is 0 Å². The molecule has 5 nitrogen and oxygen atoms in total. The molecule has 1 aromatic carbocycles. The Morgan fingerprint density at radius 3 is 2.63 bits per heavy atom. The number of piperidine rings is 1. The van der Waals surface area contributed by atoms with Crippen LogP contribution < -0.4 is 10.6 Å². The molecule has 0 aliphatic carbocycles. The van der Waals surface area contributed by atoms with E-state index in [0.29, 0.717) is 18.7 Å². The summed E-state index contributed by atoms with van der Waals surface area (Å²) in [7, 11) is 1.71. The highest BCUT2D eigenvalue weighted by atomic mass is 16.2. The lowest BCUT2D eigenvalue weighted by Gasteiger charge is -2.28. The van der Waals surface area contributed by atoms with Crippen molar-refractivity contribution in [2.45, 2.75) is 19.3 Å². The third kappa shape index (κ3) is 3.24. The Kier molecular flexibility index (Phi) is 4.04. The van der Waals surface area contributed by atoms with E-state index in [9.17, 15) is 9.59 Å². The highest BCUT2D eigenvalue weighted by Crippen LogP contribution is 2.16. The Hall–Kier alpha value is -2.04. The Labute approximate surface area is 113 Å². The summed E-state index contributed by atoms with van der Waals surface area (Å²) in [6.45, 7) is 0.833. The number of hydrogen-bond donors (Lipinski definition) is 1. The number of hydrogen-bond acceptors (Lipinski definition) is 3. The van der Waals surface area contributed by atoms with Crippen LogP contribution in [0.1, 0.15) is 19.3 Å². The number of benzene rings is 1. The molecular formula is C14H19N3O2. The zero-order chi connectivity index (χ0) is 13.8. The van der Waals surface area contributed by atoms with Gasteiger partial charge < -0.3 is 15.5 Å². The molecule has 1 fully saturated rings. The van der Waals surface area contributed by atoms with Gasteiger partial charge in [-0.2, -0.15) is 0 Å². The molecule has 102 valence electrons. The first kappa shape index (κ1) is 13.4. The second-order valence-corrected chi connectivity index (χ2v) is 4.82. The van der Waals surface area contributed by atoms with E-state index in [4.69, 9.17) is 5.73 Å². The maximum Gasteiger partial charge on any atom is 0.246 e. The van der Waals surface area contributed by atoms with Crippen molar-refractivity contribution in [1.29, 1.82) is 0 Å². The molecule has 0 saturated carbocycles. The van der Waals surface area contributed by atoms with Crippen LogP contribution in [0, 0.1) is 0 Å². The van der Waals surface area contributed by atoms with Gasteiger partial charge in [0.2, 0.25) is 11.8 Å². The molecule has 0 atom stereocenters. The summed E-state index contributed by atoms with van der Waals surface area (Å²) in [5.41, 5.74) is 7.06. The van der Waals surface area contributed by atoms with Crippen LogP contribution in [0.3, 0.4) is 0 Å². The van der Waals surface area contributed by atoms with E-state index in [-0.39, 0.29) is 18.4 Å². The van der Waals surface area contributed by atoms with E-state index in [0.717, 1.165) is 18.5 Å². The average Bonchev–Trinajstić information content (AvgIpc) is 2.41. The summed E-state index contributed by atoms with van der Waals surface area (Å²) in [5, 5.41) is 0. The average molecular weight is 261 g/mol. The molecule has 1 saturated heterocycles. The second kappa shape index (κ2) is 5.73. The van der Waals surface area contributed by atoms with Crippen molar-refractivity contribution < 1.29 is 9.59 Å². The number of rotatable bonds is 3. The maximum absolute atomic E-state index is 12.1. The first-order valence-electron chi connectivity index (χ1n) is 6.48. The standard InChI is InChI=1S/C14H19N3O2/c1-16(12-7-5-11(15)6-8-12)14(19)10-17-9-3-2-4-13(17)18/h5-8H,2-4,9-10,15H2,1H3. The van der Waals surface area contributed by atoms with Crippen molar-refractivity contribution in [2.24, 2.45) is 0 Å². The smallest absolute Gasteiger partial charge is 0.246 e. The lowest BCUT2D eigenvalue weighted by atomic mass is 10.1. The minimum atomic E-state index is -0.0833. The van der Waals surface area contributed by atoms with Crippen LogP contribution in [0.5, 0.6) is 0 Å². The van der Waals surface area contributed by atoms with Crippen molar-refractivity contribution in [3.8, 4) is 0 Å². The van der Waals surface area contributed by atoms with Crippen LogP contribution in [0.15, 0.2) is 24.3 Å². The number of nitrogens with zero attached hydrogens (tertiary/aromatic N) is 2. The molecule has 2 amide bonds.